The van der Waals surface area contributed by atoms with Gasteiger partial charge in [-0.15, -0.1) is 0 Å². The zero-order valence-electron chi connectivity index (χ0n) is 36.0. The van der Waals surface area contributed by atoms with Crippen LogP contribution >= 0.6 is 0 Å². The second-order valence-corrected chi connectivity index (χ2v) is 20.5. The second-order valence-electron chi connectivity index (χ2n) is 20.5. The molecule has 10 aromatic rings. The molecule has 292 valence electrons. The van der Waals surface area contributed by atoms with Crippen LogP contribution in [0.3, 0.4) is 0 Å². The third kappa shape index (κ3) is 4.83. The van der Waals surface area contributed by atoms with Gasteiger partial charge in [-0.2, -0.15) is 0 Å². The fourth-order valence-electron chi connectivity index (χ4n) is 10.4. The number of para-hydroxylation sites is 3. The summed E-state index contributed by atoms with van der Waals surface area (Å²) in [5.41, 5.74) is 18.1. The van der Waals surface area contributed by atoms with Crippen LogP contribution in [-0.2, 0) is 16.2 Å². The van der Waals surface area contributed by atoms with E-state index in [0.717, 1.165) is 44.6 Å². The fourth-order valence-corrected chi connectivity index (χ4v) is 10.4. The highest BCUT2D eigenvalue weighted by atomic mass is 16.5. The number of aromatic nitrogens is 3. The molecular formula is C55H48BN3O. The predicted octanol–water partition coefficient (Wildman–Crippen LogP) is 12.4. The van der Waals surface area contributed by atoms with Gasteiger partial charge < -0.3 is 9.30 Å². The SMILES string of the molecule is CC(C)(C)c1ccc2c(c1)B1c3c(cc(-c4cccc5c4c4ccccc4n4c6ccccc6nc54)cc3-n3c4ccc(C(C)(C)C)cc4c4cc(C(C)(C)C)cc1c43)O2. The van der Waals surface area contributed by atoms with Crippen molar-refractivity contribution in [2.45, 2.75) is 78.6 Å². The summed E-state index contributed by atoms with van der Waals surface area (Å²) in [6.07, 6.45) is 0. The van der Waals surface area contributed by atoms with Gasteiger partial charge in [0.05, 0.1) is 22.1 Å². The molecule has 0 atom stereocenters. The van der Waals surface area contributed by atoms with Crippen LogP contribution in [0.25, 0.3) is 77.0 Å². The fraction of sp³-hybridized carbons (Fsp3) is 0.218. The van der Waals surface area contributed by atoms with Crippen molar-refractivity contribution < 1.29 is 4.74 Å². The van der Waals surface area contributed by atoms with Crippen LogP contribution in [-0.4, -0.2) is 20.7 Å². The standard InChI is InChI=1S/C55H48BN3O/c1-53(2,3)32-21-23-44-38(27-32)39-28-34(55(7,8)9)30-41-51(39)58(44)46-25-31(26-48-50(46)56(41)40-29-33(54(4,5)6)22-24-47(40)60-48)35-16-14-17-37-49(35)36-15-10-12-19-43(36)59-45-20-13-11-18-42(45)57-52(37)59/h10-30H,1-9H3. The van der Waals surface area contributed by atoms with Crippen molar-refractivity contribution in [2.75, 3.05) is 0 Å². The molecule has 3 aromatic heterocycles. The van der Waals surface area contributed by atoms with E-state index in [4.69, 9.17) is 9.72 Å². The van der Waals surface area contributed by atoms with Crippen molar-refractivity contribution in [1.82, 2.24) is 14.0 Å². The van der Waals surface area contributed by atoms with Gasteiger partial charge in [-0.25, -0.2) is 4.98 Å². The molecule has 5 heteroatoms. The first-order valence-electron chi connectivity index (χ1n) is 21.5. The lowest BCUT2D eigenvalue weighted by Gasteiger charge is -2.35. The molecular weight excluding hydrogens is 729 g/mol. The Morgan fingerprint density at radius 2 is 1.18 bits per heavy atom. The molecule has 0 saturated carbocycles. The van der Waals surface area contributed by atoms with Gasteiger partial charge in [0.15, 0.2) is 0 Å². The second kappa shape index (κ2) is 11.7. The van der Waals surface area contributed by atoms with Crippen LogP contribution in [0.4, 0.5) is 0 Å². The molecule has 0 spiro atoms. The third-order valence-electron chi connectivity index (χ3n) is 13.6. The van der Waals surface area contributed by atoms with E-state index in [1.807, 2.05) is 0 Å². The monoisotopic (exact) mass is 777 g/mol. The number of hydrogen-bond donors (Lipinski definition) is 0. The van der Waals surface area contributed by atoms with Gasteiger partial charge in [-0.1, -0.05) is 135 Å². The highest BCUT2D eigenvalue weighted by Gasteiger charge is 2.42. The van der Waals surface area contributed by atoms with Gasteiger partial charge in [-0.3, -0.25) is 4.40 Å². The molecule has 60 heavy (non-hydrogen) atoms. The average molecular weight is 778 g/mol. The van der Waals surface area contributed by atoms with Gasteiger partial charge >= 0.3 is 0 Å². The highest BCUT2D eigenvalue weighted by molar-refractivity contribution is 6.99. The Balaban J connectivity index is 1.23. The third-order valence-corrected chi connectivity index (χ3v) is 13.6. The number of hydrogen-bond acceptors (Lipinski definition) is 2. The van der Waals surface area contributed by atoms with Gasteiger partial charge in [-0.05, 0) is 115 Å². The van der Waals surface area contributed by atoms with E-state index in [0.29, 0.717) is 0 Å². The molecule has 0 amide bonds. The topological polar surface area (TPSA) is 31.5 Å². The molecule has 0 aliphatic carbocycles. The van der Waals surface area contributed by atoms with Crippen molar-refractivity contribution >= 4 is 83.3 Å². The van der Waals surface area contributed by atoms with E-state index in [1.54, 1.807) is 0 Å². The van der Waals surface area contributed by atoms with Gasteiger partial charge in [0, 0.05) is 38.1 Å². The van der Waals surface area contributed by atoms with Crippen molar-refractivity contribution in [2.24, 2.45) is 0 Å². The van der Waals surface area contributed by atoms with Crippen molar-refractivity contribution in [1.29, 1.82) is 0 Å². The highest BCUT2D eigenvalue weighted by Crippen LogP contribution is 2.45. The summed E-state index contributed by atoms with van der Waals surface area (Å²) in [6, 6.07) is 47.9. The molecule has 0 N–H and O–H groups in total. The van der Waals surface area contributed by atoms with E-state index in [2.05, 4.69) is 199 Å². The van der Waals surface area contributed by atoms with E-state index < -0.39 is 0 Å². The minimum Gasteiger partial charge on any atom is -0.458 e. The summed E-state index contributed by atoms with van der Waals surface area (Å²) in [4.78, 5) is 5.26. The van der Waals surface area contributed by atoms with Gasteiger partial charge in [0.2, 0.25) is 0 Å². The summed E-state index contributed by atoms with van der Waals surface area (Å²) < 4.78 is 12.1. The molecule has 2 aliphatic rings. The van der Waals surface area contributed by atoms with Crippen molar-refractivity contribution in [3.63, 3.8) is 0 Å². The van der Waals surface area contributed by atoms with Crippen LogP contribution in [0, 0.1) is 0 Å². The number of nitrogens with zero attached hydrogens (tertiary/aromatic N) is 3. The first-order chi connectivity index (χ1) is 28.6. The van der Waals surface area contributed by atoms with E-state index in [-0.39, 0.29) is 23.0 Å². The lowest BCUT2D eigenvalue weighted by molar-refractivity contribution is 0.486. The van der Waals surface area contributed by atoms with Crippen LogP contribution in [0.5, 0.6) is 11.5 Å². The first kappa shape index (κ1) is 35.6. The van der Waals surface area contributed by atoms with Crippen LogP contribution < -0.4 is 21.1 Å². The van der Waals surface area contributed by atoms with Crippen LogP contribution in [0.1, 0.15) is 79.0 Å². The molecule has 5 heterocycles. The molecule has 12 rings (SSSR count). The van der Waals surface area contributed by atoms with Crippen molar-refractivity contribution in [3.05, 3.63) is 144 Å². The number of rotatable bonds is 1. The maximum atomic E-state index is 7.19. The molecule has 0 saturated heterocycles. The number of fused-ring (bicyclic) bond motifs is 15. The molecule has 7 aromatic carbocycles. The summed E-state index contributed by atoms with van der Waals surface area (Å²) in [7, 11) is 0. The minimum absolute atomic E-state index is 0.00381. The molecule has 0 fully saturated rings. The Kier molecular flexibility index (Phi) is 6.94. The van der Waals surface area contributed by atoms with Crippen molar-refractivity contribution in [3.8, 4) is 28.3 Å². The number of imidazole rings is 1. The molecule has 0 bridgehead atoms. The quantitative estimate of drug-likeness (QED) is 0.123. The Morgan fingerprint density at radius 3 is 1.97 bits per heavy atom. The Bertz CT molecular complexity index is 3530. The first-order valence-corrected chi connectivity index (χ1v) is 21.5. The summed E-state index contributed by atoms with van der Waals surface area (Å²) in [5.74, 6) is 1.86. The van der Waals surface area contributed by atoms with E-state index >= 15 is 0 Å². The lowest BCUT2D eigenvalue weighted by Crippen LogP contribution is -2.58. The van der Waals surface area contributed by atoms with Crippen LogP contribution in [0.2, 0.25) is 0 Å². The van der Waals surface area contributed by atoms with E-state index in [1.165, 1.54) is 76.9 Å². The number of benzene rings is 7. The Morgan fingerprint density at radius 1 is 0.517 bits per heavy atom. The zero-order valence-corrected chi connectivity index (χ0v) is 36.0. The summed E-state index contributed by atoms with van der Waals surface area (Å²) in [5, 5.41) is 6.16. The predicted molar refractivity (Wildman–Crippen MR) is 255 cm³/mol. The molecule has 4 nitrogen and oxygen atoms in total. The number of ether oxygens (including phenoxy) is 1. The Hall–Kier alpha value is -6.33. The minimum atomic E-state index is -0.0434. The van der Waals surface area contributed by atoms with Crippen LogP contribution in [0.15, 0.2) is 127 Å². The number of pyridine rings is 1. The van der Waals surface area contributed by atoms with Gasteiger partial charge in [0.1, 0.15) is 17.1 Å². The average Bonchev–Trinajstić information content (AvgIpc) is 3.77. The lowest BCUT2D eigenvalue weighted by atomic mass is 9.34. The maximum Gasteiger partial charge on any atom is 0.256 e. The largest absolute Gasteiger partial charge is 0.458 e. The smallest absolute Gasteiger partial charge is 0.256 e. The summed E-state index contributed by atoms with van der Waals surface area (Å²) >= 11 is 0. The normalized spacial score (nSPS) is 13.8. The van der Waals surface area contributed by atoms with Gasteiger partial charge in [0.25, 0.3) is 6.71 Å². The molecule has 2 aliphatic heterocycles. The molecule has 0 unspecified atom stereocenters. The summed E-state index contributed by atoms with van der Waals surface area (Å²) in [6.45, 7) is 20.9. The maximum absolute atomic E-state index is 7.19. The zero-order chi connectivity index (χ0) is 41.2. The Labute approximate surface area is 351 Å². The van der Waals surface area contributed by atoms with E-state index in [9.17, 15) is 0 Å². The molecule has 0 radical (unpaired) electrons.